The summed E-state index contributed by atoms with van der Waals surface area (Å²) < 4.78 is 10.3. The third-order valence-corrected chi connectivity index (χ3v) is 4.42. The summed E-state index contributed by atoms with van der Waals surface area (Å²) in [5.74, 6) is 0.922. The van der Waals surface area contributed by atoms with Gasteiger partial charge in [0.05, 0.1) is 0 Å². The number of nitrogens with zero attached hydrogens (tertiary/aromatic N) is 1. The molecule has 0 amide bonds. The molecule has 0 bridgehead atoms. The number of hydrogen-bond acceptors (Lipinski definition) is 3. The lowest BCUT2D eigenvalue weighted by molar-refractivity contribution is 0.0732. The highest BCUT2D eigenvalue weighted by Gasteiger charge is 2.36. The Morgan fingerprint density at radius 2 is 1.81 bits per heavy atom. The topological polar surface area (TPSA) is 54.9 Å². The fourth-order valence-electron chi connectivity index (χ4n) is 2.76. The van der Waals surface area contributed by atoms with E-state index in [1.807, 2.05) is 7.05 Å². The molecular weight excluding hydrogens is 266 g/mol. The van der Waals surface area contributed by atoms with Crippen molar-refractivity contribution >= 4 is 5.96 Å². The Morgan fingerprint density at radius 1 is 1.05 bits per heavy atom. The second-order valence-corrected chi connectivity index (χ2v) is 6.00. The smallest absolute Gasteiger partial charge is 0.190 e. The summed E-state index contributed by atoms with van der Waals surface area (Å²) in [5.41, 5.74) is 0.423. The maximum absolute atomic E-state index is 5.23. The van der Waals surface area contributed by atoms with Gasteiger partial charge in [-0.3, -0.25) is 4.99 Å². The molecule has 21 heavy (non-hydrogen) atoms. The highest BCUT2D eigenvalue weighted by molar-refractivity contribution is 5.79. The van der Waals surface area contributed by atoms with Crippen LogP contribution >= 0.6 is 0 Å². The standard InChI is InChI=1S/C16H33N3O2/c1-17-15(18-11-5-4-6-12-20-2)19-14-16(8-7-9-16)10-13-21-3/h4-14H2,1-3H3,(H2,17,18,19). The summed E-state index contributed by atoms with van der Waals surface area (Å²) in [6.07, 6.45) is 8.56. The van der Waals surface area contributed by atoms with E-state index in [1.54, 1.807) is 14.2 Å². The van der Waals surface area contributed by atoms with E-state index in [9.17, 15) is 0 Å². The molecule has 0 aromatic carbocycles. The molecule has 1 aliphatic carbocycles. The van der Waals surface area contributed by atoms with Crippen LogP contribution in [0.1, 0.15) is 44.9 Å². The number of methoxy groups -OCH3 is 2. The van der Waals surface area contributed by atoms with Crippen LogP contribution in [-0.4, -0.2) is 53.5 Å². The summed E-state index contributed by atoms with van der Waals surface area (Å²) in [4.78, 5) is 4.30. The van der Waals surface area contributed by atoms with Gasteiger partial charge in [-0.2, -0.15) is 0 Å². The Labute approximate surface area is 129 Å². The number of nitrogens with one attached hydrogen (secondary N) is 2. The zero-order valence-electron chi connectivity index (χ0n) is 14.0. The fraction of sp³-hybridized carbons (Fsp3) is 0.938. The van der Waals surface area contributed by atoms with Gasteiger partial charge in [0.1, 0.15) is 0 Å². The normalized spacial score (nSPS) is 17.4. The molecule has 0 aliphatic heterocycles. The first-order valence-corrected chi connectivity index (χ1v) is 8.19. The minimum absolute atomic E-state index is 0.423. The van der Waals surface area contributed by atoms with Gasteiger partial charge in [0.2, 0.25) is 0 Å². The van der Waals surface area contributed by atoms with E-state index in [4.69, 9.17) is 9.47 Å². The lowest BCUT2D eigenvalue weighted by Gasteiger charge is -2.42. The van der Waals surface area contributed by atoms with Crippen LogP contribution in [0.25, 0.3) is 0 Å². The Morgan fingerprint density at radius 3 is 2.38 bits per heavy atom. The molecule has 5 nitrogen and oxygen atoms in total. The van der Waals surface area contributed by atoms with Crippen LogP contribution in [0.15, 0.2) is 4.99 Å². The van der Waals surface area contributed by atoms with Crippen LogP contribution in [0.4, 0.5) is 0 Å². The number of rotatable bonds is 11. The SMILES string of the molecule is CN=C(NCCCCCOC)NCC1(CCOC)CCC1. The first-order valence-electron chi connectivity index (χ1n) is 8.19. The van der Waals surface area contributed by atoms with Crippen LogP contribution in [-0.2, 0) is 9.47 Å². The van der Waals surface area contributed by atoms with E-state index < -0.39 is 0 Å². The molecule has 0 saturated heterocycles. The minimum atomic E-state index is 0.423. The lowest BCUT2D eigenvalue weighted by atomic mass is 9.67. The van der Waals surface area contributed by atoms with Crippen LogP contribution in [0, 0.1) is 5.41 Å². The van der Waals surface area contributed by atoms with Gasteiger partial charge in [-0.25, -0.2) is 0 Å². The van der Waals surface area contributed by atoms with Gasteiger partial charge < -0.3 is 20.1 Å². The molecule has 1 rings (SSSR count). The highest BCUT2D eigenvalue weighted by Crippen LogP contribution is 2.43. The van der Waals surface area contributed by atoms with Crippen molar-refractivity contribution in [3.8, 4) is 0 Å². The van der Waals surface area contributed by atoms with E-state index in [0.717, 1.165) is 51.5 Å². The molecular formula is C16H33N3O2. The van der Waals surface area contributed by atoms with Crippen molar-refractivity contribution in [2.45, 2.75) is 44.9 Å². The zero-order valence-corrected chi connectivity index (χ0v) is 14.0. The second-order valence-electron chi connectivity index (χ2n) is 6.00. The predicted octanol–water partition coefficient (Wildman–Crippen LogP) is 2.17. The first-order chi connectivity index (χ1) is 10.3. The molecule has 2 N–H and O–H groups in total. The third kappa shape index (κ3) is 7.14. The van der Waals surface area contributed by atoms with Gasteiger partial charge in [0.15, 0.2) is 5.96 Å². The highest BCUT2D eigenvalue weighted by atomic mass is 16.5. The third-order valence-electron chi connectivity index (χ3n) is 4.42. The van der Waals surface area contributed by atoms with Gasteiger partial charge in [-0.15, -0.1) is 0 Å². The fourth-order valence-corrected chi connectivity index (χ4v) is 2.76. The van der Waals surface area contributed by atoms with Crippen molar-refractivity contribution < 1.29 is 9.47 Å². The molecule has 1 saturated carbocycles. The summed E-state index contributed by atoms with van der Waals surface area (Å²) in [5, 5.41) is 6.87. The number of hydrogen-bond donors (Lipinski definition) is 2. The Bertz CT molecular complexity index is 291. The number of ether oxygens (including phenoxy) is 2. The monoisotopic (exact) mass is 299 g/mol. The van der Waals surface area contributed by atoms with E-state index in [1.165, 1.54) is 25.7 Å². The summed E-state index contributed by atoms with van der Waals surface area (Å²) in [6, 6.07) is 0. The molecule has 0 aromatic rings. The molecule has 0 atom stereocenters. The summed E-state index contributed by atoms with van der Waals surface area (Å²) in [7, 11) is 5.37. The van der Waals surface area contributed by atoms with Crippen LogP contribution in [0.5, 0.6) is 0 Å². The van der Waals surface area contributed by atoms with Crippen molar-refractivity contribution in [3.05, 3.63) is 0 Å². The largest absolute Gasteiger partial charge is 0.385 e. The second kappa shape index (κ2) is 10.9. The molecule has 0 unspecified atom stereocenters. The average Bonchev–Trinajstić information content (AvgIpc) is 2.47. The van der Waals surface area contributed by atoms with E-state index in [2.05, 4.69) is 15.6 Å². The summed E-state index contributed by atoms with van der Waals surface area (Å²) >= 11 is 0. The van der Waals surface area contributed by atoms with Gasteiger partial charge in [0.25, 0.3) is 0 Å². The van der Waals surface area contributed by atoms with Gasteiger partial charge >= 0.3 is 0 Å². The Kier molecular flexibility index (Phi) is 9.42. The van der Waals surface area contributed by atoms with E-state index in [0.29, 0.717) is 5.41 Å². The molecule has 0 heterocycles. The molecule has 0 radical (unpaired) electrons. The van der Waals surface area contributed by atoms with Crippen molar-refractivity contribution in [2.24, 2.45) is 10.4 Å². The van der Waals surface area contributed by atoms with Crippen molar-refractivity contribution in [1.29, 1.82) is 0 Å². The molecule has 1 aliphatic rings. The van der Waals surface area contributed by atoms with Crippen molar-refractivity contribution in [1.82, 2.24) is 10.6 Å². The maximum atomic E-state index is 5.23. The van der Waals surface area contributed by atoms with E-state index in [-0.39, 0.29) is 0 Å². The summed E-state index contributed by atoms with van der Waals surface area (Å²) in [6.45, 7) is 3.68. The van der Waals surface area contributed by atoms with Gasteiger partial charge in [0, 0.05) is 47.6 Å². The quantitative estimate of drug-likeness (QED) is 0.349. The maximum Gasteiger partial charge on any atom is 0.190 e. The first kappa shape index (κ1) is 18.2. The predicted molar refractivity (Wildman–Crippen MR) is 87.9 cm³/mol. The lowest BCUT2D eigenvalue weighted by Crippen LogP contribution is -2.47. The van der Waals surface area contributed by atoms with Crippen LogP contribution in [0.3, 0.4) is 0 Å². The van der Waals surface area contributed by atoms with Gasteiger partial charge in [-0.05, 0) is 43.9 Å². The van der Waals surface area contributed by atoms with Gasteiger partial charge in [-0.1, -0.05) is 6.42 Å². The van der Waals surface area contributed by atoms with Crippen LogP contribution < -0.4 is 10.6 Å². The molecule has 5 heteroatoms. The molecule has 0 aromatic heterocycles. The average molecular weight is 299 g/mol. The van der Waals surface area contributed by atoms with E-state index >= 15 is 0 Å². The van der Waals surface area contributed by atoms with Crippen molar-refractivity contribution in [3.63, 3.8) is 0 Å². The number of aliphatic imine (C=N–C) groups is 1. The number of unbranched alkanes of at least 4 members (excludes halogenated alkanes) is 2. The minimum Gasteiger partial charge on any atom is -0.385 e. The Hall–Kier alpha value is -0.810. The Balaban J connectivity index is 2.15. The zero-order chi connectivity index (χ0) is 15.4. The molecule has 1 fully saturated rings. The molecule has 0 spiro atoms. The number of guanidine groups is 1. The van der Waals surface area contributed by atoms with Crippen molar-refractivity contribution in [2.75, 3.05) is 47.6 Å². The molecule has 124 valence electrons. The van der Waals surface area contributed by atoms with Crippen LogP contribution in [0.2, 0.25) is 0 Å².